The first-order chi connectivity index (χ1) is 18.0. The van der Waals surface area contributed by atoms with Gasteiger partial charge >= 0.3 is 0 Å². The summed E-state index contributed by atoms with van der Waals surface area (Å²) in [6.07, 6.45) is 2.51. The van der Waals surface area contributed by atoms with Gasteiger partial charge < -0.3 is 15.6 Å². The Morgan fingerprint density at radius 3 is 2.73 bits per heavy atom. The SMILES string of the molecule is Nc1ccnc2cc(CN3CCC(N(Cc4ccccc4)Cc4cc5cc(Cl)ccc5[nH]4)C3=O)ccc12. The molecule has 1 unspecified atom stereocenters. The number of anilines is 1. The molecule has 5 aromatic rings. The molecule has 1 atom stereocenters. The number of halogens is 1. The number of nitrogens with zero attached hydrogens (tertiary/aromatic N) is 3. The maximum atomic E-state index is 13.7. The molecule has 1 saturated heterocycles. The van der Waals surface area contributed by atoms with Crippen molar-refractivity contribution in [3.8, 4) is 0 Å². The maximum absolute atomic E-state index is 13.7. The summed E-state index contributed by atoms with van der Waals surface area (Å²) < 4.78 is 0. The van der Waals surface area contributed by atoms with E-state index in [-0.39, 0.29) is 11.9 Å². The number of H-pyrrole nitrogens is 1. The molecule has 0 bridgehead atoms. The first kappa shape index (κ1) is 23.5. The Kier molecular flexibility index (Phi) is 6.28. The van der Waals surface area contributed by atoms with Crippen molar-refractivity contribution < 1.29 is 4.79 Å². The molecule has 3 aromatic carbocycles. The number of nitrogens with two attached hydrogens (primary N) is 1. The Balaban J connectivity index is 1.24. The minimum absolute atomic E-state index is 0.163. The number of rotatable bonds is 7. The number of aromatic nitrogens is 2. The van der Waals surface area contributed by atoms with Gasteiger partial charge in [-0.15, -0.1) is 0 Å². The van der Waals surface area contributed by atoms with Gasteiger partial charge in [-0.2, -0.15) is 0 Å². The van der Waals surface area contributed by atoms with Crippen LogP contribution in [0.25, 0.3) is 21.8 Å². The Labute approximate surface area is 220 Å². The summed E-state index contributed by atoms with van der Waals surface area (Å²) in [4.78, 5) is 25.9. The lowest BCUT2D eigenvalue weighted by molar-refractivity contribution is -0.133. The van der Waals surface area contributed by atoms with Crippen LogP contribution in [-0.4, -0.2) is 38.3 Å². The van der Waals surface area contributed by atoms with E-state index >= 15 is 0 Å². The van der Waals surface area contributed by atoms with Crippen molar-refractivity contribution in [1.82, 2.24) is 19.8 Å². The molecule has 6 nitrogen and oxygen atoms in total. The number of amides is 1. The summed E-state index contributed by atoms with van der Waals surface area (Å²) in [6, 6.07) is 26.0. The highest BCUT2D eigenvalue weighted by atomic mass is 35.5. The predicted octanol–water partition coefficient (Wildman–Crippen LogP) is 5.76. The van der Waals surface area contributed by atoms with Crippen molar-refractivity contribution in [2.75, 3.05) is 12.3 Å². The van der Waals surface area contributed by atoms with Crippen LogP contribution in [0.1, 0.15) is 23.2 Å². The van der Waals surface area contributed by atoms with E-state index in [1.165, 1.54) is 5.56 Å². The van der Waals surface area contributed by atoms with Crippen LogP contribution in [0.2, 0.25) is 5.02 Å². The Morgan fingerprint density at radius 1 is 1.00 bits per heavy atom. The summed E-state index contributed by atoms with van der Waals surface area (Å²) in [6.45, 7) is 2.62. The zero-order valence-electron chi connectivity index (χ0n) is 20.4. The second-order valence-electron chi connectivity index (χ2n) is 9.73. The van der Waals surface area contributed by atoms with Crippen molar-refractivity contribution in [2.24, 2.45) is 0 Å². The molecule has 1 aliphatic heterocycles. The van der Waals surface area contributed by atoms with E-state index in [1.54, 1.807) is 12.3 Å². The van der Waals surface area contributed by atoms with E-state index in [0.29, 0.717) is 30.3 Å². The smallest absolute Gasteiger partial charge is 0.240 e. The van der Waals surface area contributed by atoms with Crippen LogP contribution in [-0.2, 0) is 24.4 Å². The molecule has 3 N–H and O–H groups in total. The molecule has 1 aliphatic rings. The number of aromatic amines is 1. The minimum Gasteiger partial charge on any atom is -0.398 e. The third-order valence-corrected chi connectivity index (χ3v) is 7.40. The average molecular weight is 510 g/mol. The number of benzene rings is 3. The minimum atomic E-state index is -0.190. The second-order valence-corrected chi connectivity index (χ2v) is 10.2. The molecular formula is C30H28ClN5O. The number of hydrogen-bond acceptors (Lipinski definition) is 4. The topological polar surface area (TPSA) is 78.2 Å². The van der Waals surface area contributed by atoms with Crippen LogP contribution < -0.4 is 5.73 Å². The monoisotopic (exact) mass is 509 g/mol. The zero-order valence-corrected chi connectivity index (χ0v) is 21.2. The van der Waals surface area contributed by atoms with Crippen molar-refractivity contribution in [3.05, 3.63) is 107 Å². The van der Waals surface area contributed by atoms with E-state index in [9.17, 15) is 4.79 Å². The zero-order chi connectivity index (χ0) is 25.4. The third-order valence-electron chi connectivity index (χ3n) is 7.16. The highest BCUT2D eigenvalue weighted by Crippen LogP contribution is 2.27. The number of nitrogens with one attached hydrogen (secondary N) is 1. The molecule has 37 heavy (non-hydrogen) atoms. The molecule has 0 aliphatic carbocycles. The van der Waals surface area contributed by atoms with Crippen molar-refractivity contribution in [3.63, 3.8) is 0 Å². The van der Waals surface area contributed by atoms with Gasteiger partial charge in [0, 0.05) is 65.1 Å². The number of nitrogen functional groups attached to an aromatic ring is 1. The molecule has 0 saturated carbocycles. The van der Waals surface area contributed by atoms with E-state index in [0.717, 1.165) is 46.0 Å². The first-order valence-corrected chi connectivity index (χ1v) is 12.9. The van der Waals surface area contributed by atoms with Crippen molar-refractivity contribution >= 4 is 45.0 Å². The summed E-state index contributed by atoms with van der Waals surface area (Å²) in [7, 11) is 0. The lowest BCUT2D eigenvalue weighted by atomic mass is 10.1. The fourth-order valence-corrected chi connectivity index (χ4v) is 5.50. The van der Waals surface area contributed by atoms with Crippen LogP contribution >= 0.6 is 11.6 Å². The lowest BCUT2D eigenvalue weighted by Gasteiger charge is -2.28. The summed E-state index contributed by atoms with van der Waals surface area (Å²) in [5.74, 6) is 0.163. The van der Waals surface area contributed by atoms with Gasteiger partial charge in [0.15, 0.2) is 0 Å². The molecule has 1 amide bonds. The predicted molar refractivity (Wildman–Crippen MR) is 149 cm³/mol. The number of carbonyl (C=O) groups excluding carboxylic acids is 1. The van der Waals surface area contributed by atoms with Crippen LogP contribution in [0.3, 0.4) is 0 Å². The van der Waals surface area contributed by atoms with E-state index in [4.69, 9.17) is 17.3 Å². The lowest BCUT2D eigenvalue weighted by Crippen LogP contribution is -2.41. The van der Waals surface area contributed by atoms with Crippen LogP contribution in [0.5, 0.6) is 0 Å². The Morgan fingerprint density at radius 2 is 1.86 bits per heavy atom. The standard InChI is InChI=1S/C30H28ClN5O/c31-23-7-9-27-22(15-23)16-24(34-27)19-36(17-20-4-2-1-3-5-20)29-11-13-35(30(29)37)18-21-6-8-25-26(32)10-12-33-28(25)14-21/h1-10,12,14-16,29,34H,11,13,17-19H2,(H2,32,33). The van der Waals surface area contributed by atoms with Gasteiger partial charge in [0.25, 0.3) is 0 Å². The number of carbonyl (C=O) groups is 1. The largest absolute Gasteiger partial charge is 0.398 e. The highest BCUT2D eigenvalue weighted by Gasteiger charge is 2.36. The fourth-order valence-electron chi connectivity index (χ4n) is 5.31. The maximum Gasteiger partial charge on any atom is 0.240 e. The third kappa shape index (κ3) is 4.90. The van der Waals surface area contributed by atoms with Gasteiger partial charge in [0.1, 0.15) is 0 Å². The number of fused-ring (bicyclic) bond motifs is 2. The van der Waals surface area contributed by atoms with Crippen LogP contribution in [0, 0.1) is 0 Å². The van der Waals surface area contributed by atoms with Crippen molar-refractivity contribution in [1.29, 1.82) is 0 Å². The van der Waals surface area contributed by atoms with Gasteiger partial charge in [0.2, 0.25) is 5.91 Å². The molecule has 0 radical (unpaired) electrons. The van der Waals surface area contributed by atoms with Crippen LogP contribution in [0.15, 0.2) is 85.1 Å². The van der Waals surface area contributed by atoms with Gasteiger partial charge in [-0.05, 0) is 53.9 Å². The normalized spacial score (nSPS) is 15.9. The molecule has 1 fully saturated rings. The van der Waals surface area contributed by atoms with Gasteiger partial charge in [-0.3, -0.25) is 14.7 Å². The second kappa shape index (κ2) is 9.88. The molecule has 7 heteroatoms. The van der Waals surface area contributed by atoms with Gasteiger partial charge in [0.05, 0.1) is 11.6 Å². The first-order valence-electron chi connectivity index (χ1n) is 12.5. The Bertz CT molecular complexity index is 1580. The number of pyridine rings is 1. The van der Waals surface area contributed by atoms with E-state index in [1.807, 2.05) is 59.5 Å². The highest BCUT2D eigenvalue weighted by molar-refractivity contribution is 6.31. The van der Waals surface area contributed by atoms with Crippen molar-refractivity contribution in [2.45, 2.75) is 32.1 Å². The number of hydrogen-bond donors (Lipinski definition) is 2. The molecular weight excluding hydrogens is 482 g/mol. The molecule has 2 aromatic heterocycles. The Hall–Kier alpha value is -3.87. The summed E-state index contributed by atoms with van der Waals surface area (Å²) >= 11 is 6.20. The van der Waals surface area contributed by atoms with E-state index < -0.39 is 0 Å². The van der Waals surface area contributed by atoms with Gasteiger partial charge in [-0.25, -0.2) is 0 Å². The fraction of sp³-hybridized carbons (Fsp3) is 0.200. The van der Waals surface area contributed by atoms with Gasteiger partial charge in [-0.1, -0.05) is 54.1 Å². The van der Waals surface area contributed by atoms with Crippen LogP contribution in [0.4, 0.5) is 5.69 Å². The summed E-state index contributed by atoms with van der Waals surface area (Å²) in [5.41, 5.74) is 12.0. The quantitative estimate of drug-likeness (QED) is 0.292. The number of likely N-dealkylation sites (tertiary alicyclic amines) is 1. The summed E-state index contributed by atoms with van der Waals surface area (Å²) in [5, 5.41) is 2.73. The molecule has 186 valence electrons. The molecule has 3 heterocycles. The average Bonchev–Trinajstić information content (AvgIpc) is 3.46. The molecule has 6 rings (SSSR count). The molecule has 0 spiro atoms. The van der Waals surface area contributed by atoms with E-state index in [2.05, 4.69) is 33.1 Å².